The number of hydrogen-bond donors (Lipinski definition) is 0. The number of benzene rings is 7. The molecule has 0 fully saturated rings. The predicted molar refractivity (Wildman–Crippen MR) is 211 cm³/mol. The van der Waals surface area contributed by atoms with Gasteiger partial charge in [0.15, 0.2) is 17.5 Å². The Bertz CT molecular complexity index is 3030. The number of fused-ring (bicyclic) bond motifs is 10. The number of thiophene rings is 1. The lowest BCUT2D eigenvalue weighted by Gasteiger charge is -2.10. The first-order valence-electron chi connectivity index (χ1n) is 16.9. The van der Waals surface area contributed by atoms with E-state index in [1.807, 2.05) is 60.7 Å². The van der Waals surface area contributed by atoms with Gasteiger partial charge in [-0.05, 0) is 42.5 Å². The fourth-order valence-electron chi connectivity index (χ4n) is 7.62. The number of hydrogen-bond acceptors (Lipinski definition) is 5. The van der Waals surface area contributed by atoms with Crippen LogP contribution in [0, 0.1) is 0 Å². The monoisotopic (exact) mass is 670 g/mol. The number of nitrogens with zero attached hydrogens (tertiary/aromatic N) is 4. The van der Waals surface area contributed by atoms with Crippen molar-refractivity contribution in [3.05, 3.63) is 158 Å². The van der Waals surface area contributed by atoms with Crippen molar-refractivity contribution >= 4 is 75.3 Å². The second kappa shape index (κ2) is 10.9. The Labute approximate surface area is 295 Å². The van der Waals surface area contributed by atoms with E-state index in [9.17, 15) is 0 Å². The number of aromatic nitrogens is 4. The van der Waals surface area contributed by atoms with Crippen LogP contribution in [-0.2, 0) is 0 Å². The molecule has 0 aliphatic rings. The van der Waals surface area contributed by atoms with Gasteiger partial charge in [-0.3, -0.25) is 0 Å². The van der Waals surface area contributed by atoms with Crippen molar-refractivity contribution in [1.82, 2.24) is 19.5 Å². The van der Waals surface area contributed by atoms with Gasteiger partial charge in [-0.1, -0.05) is 109 Å². The first-order chi connectivity index (χ1) is 25.3. The average molecular weight is 671 g/mol. The number of rotatable bonds is 4. The molecule has 4 heterocycles. The second-order valence-electron chi connectivity index (χ2n) is 12.8. The molecule has 0 aliphatic carbocycles. The van der Waals surface area contributed by atoms with E-state index < -0.39 is 0 Å². The van der Waals surface area contributed by atoms with Crippen molar-refractivity contribution in [3.8, 4) is 39.9 Å². The minimum Gasteiger partial charge on any atom is -0.456 e. The summed E-state index contributed by atoms with van der Waals surface area (Å²) in [6.07, 6.45) is 0. The van der Waals surface area contributed by atoms with E-state index in [0.717, 1.165) is 55.1 Å². The summed E-state index contributed by atoms with van der Waals surface area (Å²) < 4.78 is 11.4. The third kappa shape index (κ3) is 4.30. The Morgan fingerprint density at radius 3 is 1.73 bits per heavy atom. The molecule has 0 radical (unpaired) electrons. The van der Waals surface area contributed by atoms with Gasteiger partial charge in [-0.15, -0.1) is 11.3 Å². The molecular formula is C45H26N4OS. The Kier molecular flexibility index (Phi) is 6.05. The smallest absolute Gasteiger partial charge is 0.164 e. The Morgan fingerprint density at radius 1 is 0.431 bits per heavy atom. The molecule has 0 spiro atoms. The van der Waals surface area contributed by atoms with Gasteiger partial charge in [0, 0.05) is 70.2 Å². The first-order valence-corrected chi connectivity index (χ1v) is 17.8. The Hall–Kier alpha value is -6.63. The fourth-order valence-corrected chi connectivity index (χ4v) is 8.76. The topological polar surface area (TPSA) is 56.7 Å². The molecule has 0 saturated heterocycles. The van der Waals surface area contributed by atoms with Gasteiger partial charge in [-0.25, -0.2) is 15.0 Å². The standard InChI is InChI=1S/C45H26N4OS/c1-3-12-27(13-4-1)43-46-44(28-14-5-2-6-15-28)48-45(47-43)33-18-11-21-38-41(33)42-39(51-38)25-24-36-40(42)32-23-22-29(26-37(32)50-36)49-34-19-9-7-16-30(34)31-17-8-10-20-35(31)49/h1-26H. The highest BCUT2D eigenvalue weighted by Gasteiger charge is 2.21. The van der Waals surface area contributed by atoms with Gasteiger partial charge in [0.25, 0.3) is 0 Å². The van der Waals surface area contributed by atoms with Crippen LogP contribution in [0.2, 0.25) is 0 Å². The van der Waals surface area contributed by atoms with E-state index in [-0.39, 0.29) is 0 Å². The molecule has 0 N–H and O–H groups in total. The third-order valence-electron chi connectivity index (χ3n) is 9.86. The highest BCUT2D eigenvalue weighted by atomic mass is 32.1. The largest absolute Gasteiger partial charge is 0.456 e. The van der Waals surface area contributed by atoms with E-state index in [0.29, 0.717) is 17.5 Å². The molecule has 0 aliphatic heterocycles. The van der Waals surface area contributed by atoms with Crippen LogP contribution in [0.15, 0.2) is 162 Å². The summed E-state index contributed by atoms with van der Waals surface area (Å²) in [5.41, 5.74) is 7.99. The molecule has 238 valence electrons. The number of para-hydroxylation sites is 2. The quantitative estimate of drug-likeness (QED) is 0.187. The summed E-state index contributed by atoms with van der Waals surface area (Å²) in [6, 6.07) is 54.8. The zero-order valence-corrected chi connectivity index (χ0v) is 27.9. The molecule has 0 amide bonds. The molecule has 7 aromatic carbocycles. The van der Waals surface area contributed by atoms with Crippen molar-refractivity contribution in [1.29, 1.82) is 0 Å². The predicted octanol–water partition coefficient (Wildman–Crippen LogP) is 12.2. The minimum atomic E-state index is 0.645. The maximum absolute atomic E-state index is 6.69. The van der Waals surface area contributed by atoms with Crippen molar-refractivity contribution in [2.24, 2.45) is 0 Å². The van der Waals surface area contributed by atoms with Gasteiger partial charge in [-0.2, -0.15) is 0 Å². The van der Waals surface area contributed by atoms with Crippen molar-refractivity contribution in [2.45, 2.75) is 0 Å². The van der Waals surface area contributed by atoms with Crippen LogP contribution in [-0.4, -0.2) is 19.5 Å². The lowest BCUT2D eigenvalue weighted by molar-refractivity contribution is 0.669. The third-order valence-corrected chi connectivity index (χ3v) is 11.0. The van der Waals surface area contributed by atoms with Crippen LogP contribution in [0.5, 0.6) is 0 Å². The van der Waals surface area contributed by atoms with Crippen LogP contribution in [0.25, 0.3) is 104 Å². The van der Waals surface area contributed by atoms with Crippen LogP contribution in [0.1, 0.15) is 0 Å². The molecule has 6 heteroatoms. The lowest BCUT2D eigenvalue weighted by atomic mass is 10.0. The molecule has 0 unspecified atom stereocenters. The van der Waals surface area contributed by atoms with Gasteiger partial charge in [0.05, 0.1) is 11.0 Å². The second-order valence-corrected chi connectivity index (χ2v) is 13.9. The van der Waals surface area contributed by atoms with Gasteiger partial charge >= 0.3 is 0 Å². The molecule has 0 atom stereocenters. The number of furan rings is 1. The van der Waals surface area contributed by atoms with Gasteiger partial charge in [0.1, 0.15) is 11.2 Å². The molecule has 11 rings (SSSR count). The highest BCUT2D eigenvalue weighted by molar-refractivity contribution is 7.26. The zero-order valence-electron chi connectivity index (χ0n) is 27.1. The summed E-state index contributed by atoms with van der Waals surface area (Å²) in [7, 11) is 0. The fraction of sp³-hybridized carbons (Fsp3) is 0. The van der Waals surface area contributed by atoms with Gasteiger partial charge in [0.2, 0.25) is 0 Å². The van der Waals surface area contributed by atoms with Crippen LogP contribution in [0.4, 0.5) is 0 Å². The normalized spacial score (nSPS) is 11.9. The molecule has 51 heavy (non-hydrogen) atoms. The van der Waals surface area contributed by atoms with E-state index in [2.05, 4.69) is 102 Å². The van der Waals surface area contributed by atoms with Crippen molar-refractivity contribution in [2.75, 3.05) is 0 Å². The van der Waals surface area contributed by atoms with E-state index in [4.69, 9.17) is 19.4 Å². The summed E-state index contributed by atoms with van der Waals surface area (Å²) in [5.74, 6) is 1.94. The van der Waals surface area contributed by atoms with Crippen LogP contribution in [0.3, 0.4) is 0 Å². The van der Waals surface area contributed by atoms with E-state index in [1.54, 1.807) is 11.3 Å². The summed E-state index contributed by atoms with van der Waals surface area (Å²) in [6.45, 7) is 0. The summed E-state index contributed by atoms with van der Waals surface area (Å²) in [4.78, 5) is 15.2. The Morgan fingerprint density at radius 2 is 1.04 bits per heavy atom. The maximum atomic E-state index is 6.69. The molecule has 0 bridgehead atoms. The SMILES string of the molecule is c1ccc(-c2nc(-c3ccccc3)nc(-c3cccc4sc5ccc6oc7cc(-n8c9ccccc9c9ccccc98)ccc7c6c5c34)n2)cc1. The molecule has 11 aromatic rings. The maximum Gasteiger partial charge on any atom is 0.164 e. The van der Waals surface area contributed by atoms with Crippen molar-refractivity contribution < 1.29 is 4.42 Å². The Balaban J connectivity index is 1.17. The van der Waals surface area contributed by atoms with Crippen molar-refractivity contribution in [3.63, 3.8) is 0 Å². The molecule has 5 nitrogen and oxygen atoms in total. The molecular weight excluding hydrogens is 645 g/mol. The van der Waals surface area contributed by atoms with Gasteiger partial charge < -0.3 is 8.98 Å². The van der Waals surface area contributed by atoms with Crippen LogP contribution < -0.4 is 0 Å². The lowest BCUT2D eigenvalue weighted by Crippen LogP contribution is -2.00. The molecule has 4 aromatic heterocycles. The summed E-state index contributed by atoms with van der Waals surface area (Å²) >= 11 is 1.79. The van der Waals surface area contributed by atoms with Crippen LogP contribution >= 0.6 is 11.3 Å². The molecule has 0 saturated carbocycles. The van der Waals surface area contributed by atoms with E-state index >= 15 is 0 Å². The minimum absolute atomic E-state index is 0.645. The first kappa shape index (κ1) is 28.2. The average Bonchev–Trinajstić information content (AvgIpc) is 3.87. The van der Waals surface area contributed by atoms with E-state index in [1.165, 1.54) is 31.2 Å². The highest BCUT2D eigenvalue weighted by Crippen LogP contribution is 2.46. The zero-order chi connectivity index (χ0) is 33.5. The summed E-state index contributed by atoms with van der Waals surface area (Å²) in [5, 5.41) is 6.95.